The fourth-order valence-corrected chi connectivity index (χ4v) is 4.23. The van der Waals surface area contributed by atoms with E-state index in [1.165, 1.54) is 11.2 Å². The number of ketones is 1. The molecule has 5 rings (SSSR count). The van der Waals surface area contributed by atoms with Crippen molar-refractivity contribution < 1.29 is 19.1 Å². The molecule has 3 aromatic heterocycles. The SMILES string of the molecule is CC(C)(C)OC(=O)N(c1cc2n(n1)CCOC2)c1cc([C@H]2CCC(=O)C2)cn2ncnc12. The minimum atomic E-state index is -0.697. The second-order valence-electron chi connectivity index (χ2n) is 9.25. The first-order valence-electron chi connectivity index (χ1n) is 10.8. The second kappa shape index (κ2) is 7.70. The fraction of sp³-hybridized carbons (Fsp3) is 0.500. The van der Waals surface area contributed by atoms with Crippen molar-refractivity contribution in [3.63, 3.8) is 0 Å². The Hall–Kier alpha value is -3.27. The van der Waals surface area contributed by atoms with Crippen LogP contribution in [0, 0.1) is 0 Å². The van der Waals surface area contributed by atoms with Gasteiger partial charge in [-0.05, 0) is 44.7 Å². The molecule has 2 aliphatic rings. The third kappa shape index (κ3) is 3.86. The maximum atomic E-state index is 13.4. The number of pyridine rings is 1. The molecule has 3 aromatic rings. The summed E-state index contributed by atoms with van der Waals surface area (Å²) >= 11 is 0. The molecule has 4 heterocycles. The van der Waals surface area contributed by atoms with Crippen LogP contribution in [-0.2, 0) is 27.4 Å². The van der Waals surface area contributed by atoms with Crippen LogP contribution in [0.1, 0.15) is 57.2 Å². The molecule has 10 nitrogen and oxygen atoms in total. The van der Waals surface area contributed by atoms with Crippen LogP contribution in [0.3, 0.4) is 0 Å². The van der Waals surface area contributed by atoms with Crippen molar-refractivity contribution in [3.8, 4) is 0 Å². The Morgan fingerprint density at radius 2 is 2.16 bits per heavy atom. The van der Waals surface area contributed by atoms with Crippen LogP contribution in [0.5, 0.6) is 0 Å². The number of nitrogens with zero attached hydrogens (tertiary/aromatic N) is 6. The summed E-state index contributed by atoms with van der Waals surface area (Å²) < 4.78 is 14.8. The monoisotopic (exact) mass is 438 g/mol. The van der Waals surface area contributed by atoms with Gasteiger partial charge in [-0.3, -0.25) is 9.48 Å². The van der Waals surface area contributed by atoms with Gasteiger partial charge in [-0.2, -0.15) is 10.2 Å². The standard InChI is InChI=1S/C22H26N6O4/c1-22(2,3)32-21(30)28(19-10-16-12-31-7-6-26(16)25-19)18-9-15(14-4-5-17(29)8-14)11-27-20(18)23-13-24-27/h9-11,13-14H,4-8,12H2,1-3H3/t14-/m0/s1. The summed E-state index contributed by atoms with van der Waals surface area (Å²) in [6, 6.07) is 3.74. The summed E-state index contributed by atoms with van der Waals surface area (Å²) in [6.45, 7) is 7.08. The number of hydrogen-bond donors (Lipinski definition) is 0. The summed E-state index contributed by atoms with van der Waals surface area (Å²) in [7, 11) is 0. The van der Waals surface area contributed by atoms with Crippen molar-refractivity contribution in [2.75, 3.05) is 11.5 Å². The highest BCUT2D eigenvalue weighted by Gasteiger charge is 2.32. The first-order valence-corrected chi connectivity index (χ1v) is 10.8. The number of fused-ring (bicyclic) bond motifs is 2. The summed E-state index contributed by atoms with van der Waals surface area (Å²) in [6.07, 6.45) is 4.61. The molecule has 0 bridgehead atoms. The van der Waals surface area contributed by atoms with Crippen LogP contribution >= 0.6 is 0 Å². The van der Waals surface area contributed by atoms with Gasteiger partial charge in [-0.25, -0.2) is 19.2 Å². The zero-order valence-electron chi connectivity index (χ0n) is 18.4. The zero-order chi connectivity index (χ0) is 22.5. The van der Waals surface area contributed by atoms with E-state index in [4.69, 9.17) is 9.47 Å². The largest absolute Gasteiger partial charge is 0.443 e. The first kappa shape index (κ1) is 20.6. The van der Waals surface area contributed by atoms with Crippen molar-refractivity contribution in [1.29, 1.82) is 0 Å². The molecule has 0 saturated heterocycles. The quantitative estimate of drug-likeness (QED) is 0.617. The molecular formula is C22H26N6O4. The highest BCUT2D eigenvalue weighted by Crippen LogP contribution is 2.37. The second-order valence-corrected chi connectivity index (χ2v) is 9.25. The Labute approximate surface area is 185 Å². The molecule has 0 spiro atoms. The van der Waals surface area contributed by atoms with Crippen molar-refractivity contribution in [2.45, 2.75) is 64.7 Å². The number of rotatable bonds is 3. The number of anilines is 2. The molecule has 1 atom stereocenters. The van der Waals surface area contributed by atoms with Crippen LogP contribution in [0.2, 0.25) is 0 Å². The lowest BCUT2D eigenvalue weighted by molar-refractivity contribution is -0.117. The Morgan fingerprint density at radius 1 is 1.31 bits per heavy atom. The number of aromatic nitrogens is 5. The van der Waals surface area contributed by atoms with Gasteiger partial charge >= 0.3 is 6.09 Å². The Bertz CT molecular complexity index is 1170. The van der Waals surface area contributed by atoms with E-state index >= 15 is 0 Å². The number of ether oxygens (including phenoxy) is 2. The molecule has 1 aliphatic carbocycles. The van der Waals surface area contributed by atoms with Crippen molar-refractivity contribution in [3.05, 3.63) is 35.9 Å². The highest BCUT2D eigenvalue weighted by atomic mass is 16.6. The van der Waals surface area contributed by atoms with Crippen molar-refractivity contribution in [2.24, 2.45) is 0 Å². The first-order chi connectivity index (χ1) is 15.3. The van der Waals surface area contributed by atoms with Crippen LogP contribution in [0.25, 0.3) is 5.65 Å². The van der Waals surface area contributed by atoms with Crippen LogP contribution in [-0.4, -0.2) is 48.5 Å². The number of Topliss-reactive ketones (excluding diaryl/α,β-unsaturated/α-hetero) is 1. The topological polar surface area (TPSA) is 104 Å². The Morgan fingerprint density at radius 3 is 2.88 bits per heavy atom. The van der Waals surface area contributed by atoms with Crippen LogP contribution < -0.4 is 4.90 Å². The van der Waals surface area contributed by atoms with Gasteiger partial charge in [0.25, 0.3) is 0 Å². The van der Waals surface area contributed by atoms with Crippen LogP contribution in [0.4, 0.5) is 16.3 Å². The van der Waals surface area contributed by atoms with E-state index in [0.29, 0.717) is 49.8 Å². The van der Waals surface area contributed by atoms with Gasteiger partial charge in [0.15, 0.2) is 11.5 Å². The number of carbonyl (C=O) groups is 2. The van der Waals surface area contributed by atoms with Gasteiger partial charge in [0, 0.05) is 25.1 Å². The summed E-state index contributed by atoms with van der Waals surface area (Å²) in [5.41, 5.74) is 2.15. The van der Waals surface area contributed by atoms with E-state index in [9.17, 15) is 9.59 Å². The predicted octanol–water partition coefficient (Wildman–Crippen LogP) is 3.37. The molecule has 0 radical (unpaired) electrons. The van der Waals surface area contributed by atoms with Gasteiger partial charge < -0.3 is 9.47 Å². The molecule has 1 fully saturated rings. The van der Waals surface area contributed by atoms with E-state index in [1.54, 1.807) is 4.52 Å². The lowest BCUT2D eigenvalue weighted by Crippen LogP contribution is -2.34. The molecular weight excluding hydrogens is 412 g/mol. The number of amides is 1. The maximum absolute atomic E-state index is 13.4. The molecule has 32 heavy (non-hydrogen) atoms. The van der Waals surface area contributed by atoms with E-state index in [0.717, 1.165) is 17.7 Å². The predicted molar refractivity (Wildman–Crippen MR) is 115 cm³/mol. The molecule has 0 unspecified atom stereocenters. The lowest BCUT2D eigenvalue weighted by Gasteiger charge is -2.26. The summed E-state index contributed by atoms with van der Waals surface area (Å²) in [4.78, 5) is 31.2. The smallest absolute Gasteiger partial charge is 0.420 e. The van der Waals surface area contributed by atoms with Gasteiger partial charge in [-0.15, -0.1) is 0 Å². The van der Waals surface area contributed by atoms with Crippen LogP contribution in [0.15, 0.2) is 24.7 Å². The average Bonchev–Trinajstić information content (AvgIpc) is 3.45. The average molecular weight is 438 g/mol. The Balaban J connectivity index is 1.65. The van der Waals surface area contributed by atoms with E-state index in [1.807, 2.05) is 43.8 Å². The minimum Gasteiger partial charge on any atom is -0.443 e. The maximum Gasteiger partial charge on any atom is 0.420 e. The van der Waals surface area contributed by atoms with Gasteiger partial charge in [0.1, 0.15) is 17.7 Å². The minimum absolute atomic E-state index is 0.0824. The van der Waals surface area contributed by atoms with Gasteiger partial charge in [0.05, 0.1) is 31.1 Å². The lowest BCUT2D eigenvalue weighted by atomic mass is 9.99. The van der Waals surface area contributed by atoms with Crippen molar-refractivity contribution in [1.82, 2.24) is 24.4 Å². The van der Waals surface area contributed by atoms with E-state index in [-0.39, 0.29) is 11.7 Å². The molecule has 1 saturated carbocycles. The fourth-order valence-electron chi connectivity index (χ4n) is 4.23. The Kier molecular flexibility index (Phi) is 4.96. The molecule has 168 valence electrons. The van der Waals surface area contributed by atoms with Crippen molar-refractivity contribution >= 4 is 29.0 Å². The van der Waals surface area contributed by atoms with Gasteiger partial charge in [0.2, 0.25) is 0 Å². The molecule has 10 heteroatoms. The third-order valence-electron chi connectivity index (χ3n) is 5.69. The van der Waals surface area contributed by atoms with E-state index < -0.39 is 11.7 Å². The molecule has 1 aliphatic heterocycles. The zero-order valence-corrected chi connectivity index (χ0v) is 18.4. The summed E-state index contributed by atoms with van der Waals surface area (Å²) in [5.74, 6) is 0.768. The highest BCUT2D eigenvalue weighted by molar-refractivity contribution is 5.99. The molecule has 1 amide bonds. The molecule has 0 aromatic carbocycles. The third-order valence-corrected chi connectivity index (χ3v) is 5.69. The summed E-state index contributed by atoms with van der Waals surface area (Å²) in [5, 5.41) is 8.96. The van der Waals surface area contributed by atoms with E-state index in [2.05, 4.69) is 15.2 Å². The van der Waals surface area contributed by atoms with Gasteiger partial charge in [-0.1, -0.05) is 0 Å². The number of carbonyl (C=O) groups excluding carboxylic acids is 2. The normalized spacial score (nSPS) is 18.7. The number of hydrogen-bond acceptors (Lipinski definition) is 7. The molecule has 0 N–H and O–H groups in total.